The van der Waals surface area contributed by atoms with E-state index >= 15 is 0 Å². The van der Waals surface area contributed by atoms with Crippen molar-refractivity contribution >= 4 is 15.9 Å². The Bertz CT molecular complexity index is 337. The number of benzene rings is 1. The van der Waals surface area contributed by atoms with Crippen LogP contribution in [0.3, 0.4) is 0 Å². The van der Waals surface area contributed by atoms with Crippen molar-refractivity contribution < 1.29 is 17.6 Å². The molecule has 1 nitrogen and oxygen atoms in total. The van der Waals surface area contributed by atoms with E-state index in [4.69, 9.17) is 5.73 Å². The first-order chi connectivity index (χ1) is 6.32. The predicted octanol–water partition coefficient (Wildman–Crippen LogP) is 3.15. The second kappa shape index (κ2) is 3.86. The molecule has 0 aliphatic rings. The first kappa shape index (κ1) is 11.5. The fourth-order valence-electron chi connectivity index (χ4n) is 0.929. The largest absolute Gasteiger partial charge is 0.407 e. The van der Waals surface area contributed by atoms with Gasteiger partial charge >= 0.3 is 6.18 Å². The third-order valence-corrected chi connectivity index (χ3v) is 2.37. The van der Waals surface area contributed by atoms with Crippen LogP contribution in [0, 0.1) is 5.82 Å². The van der Waals surface area contributed by atoms with Crippen molar-refractivity contribution in [2.45, 2.75) is 12.2 Å². The summed E-state index contributed by atoms with van der Waals surface area (Å²) in [7, 11) is 0. The maximum atomic E-state index is 12.7. The molecule has 14 heavy (non-hydrogen) atoms. The summed E-state index contributed by atoms with van der Waals surface area (Å²) < 4.78 is 49.3. The standard InChI is InChI=1S/C8H6BrF4N/c9-6-2-1-4(10)3-5(6)7(14)8(11,12)13/h1-3,7H,14H2. The van der Waals surface area contributed by atoms with E-state index in [0.717, 1.165) is 12.1 Å². The van der Waals surface area contributed by atoms with E-state index < -0.39 is 18.0 Å². The molecule has 0 saturated carbocycles. The van der Waals surface area contributed by atoms with Crippen molar-refractivity contribution in [3.63, 3.8) is 0 Å². The van der Waals surface area contributed by atoms with Crippen LogP contribution in [0.2, 0.25) is 0 Å². The van der Waals surface area contributed by atoms with Crippen LogP contribution in [-0.2, 0) is 0 Å². The first-order valence-corrected chi connectivity index (χ1v) is 4.39. The number of hydrogen-bond donors (Lipinski definition) is 1. The Kier molecular flexibility index (Phi) is 3.16. The molecular formula is C8H6BrF4N. The van der Waals surface area contributed by atoms with Crippen molar-refractivity contribution in [1.29, 1.82) is 0 Å². The van der Waals surface area contributed by atoms with Crippen molar-refractivity contribution in [1.82, 2.24) is 0 Å². The van der Waals surface area contributed by atoms with Gasteiger partial charge in [-0.3, -0.25) is 0 Å². The van der Waals surface area contributed by atoms with Gasteiger partial charge in [0.25, 0.3) is 0 Å². The summed E-state index contributed by atoms with van der Waals surface area (Å²) in [5.74, 6) is -0.747. The van der Waals surface area contributed by atoms with E-state index in [1.807, 2.05) is 0 Å². The van der Waals surface area contributed by atoms with Gasteiger partial charge in [0.05, 0.1) is 0 Å². The highest BCUT2D eigenvalue weighted by molar-refractivity contribution is 9.10. The molecule has 1 atom stereocenters. The van der Waals surface area contributed by atoms with E-state index in [-0.39, 0.29) is 10.0 Å². The molecular weight excluding hydrogens is 266 g/mol. The zero-order valence-corrected chi connectivity index (χ0v) is 8.36. The average Bonchev–Trinajstić information content (AvgIpc) is 2.06. The van der Waals surface area contributed by atoms with Crippen LogP contribution >= 0.6 is 15.9 Å². The minimum atomic E-state index is -4.57. The number of alkyl halides is 3. The van der Waals surface area contributed by atoms with Gasteiger partial charge in [-0.15, -0.1) is 0 Å². The van der Waals surface area contributed by atoms with Crippen LogP contribution in [0.15, 0.2) is 22.7 Å². The van der Waals surface area contributed by atoms with E-state index in [1.165, 1.54) is 6.07 Å². The smallest absolute Gasteiger partial charge is 0.316 e. The molecule has 6 heteroatoms. The molecule has 0 saturated heterocycles. The van der Waals surface area contributed by atoms with E-state index in [2.05, 4.69) is 15.9 Å². The molecule has 1 unspecified atom stereocenters. The predicted molar refractivity (Wildman–Crippen MR) is 47.1 cm³/mol. The topological polar surface area (TPSA) is 26.0 Å². The van der Waals surface area contributed by atoms with Crippen LogP contribution in [0.25, 0.3) is 0 Å². The Morgan fingerprint density at radius 2 is 1.86 bits per heavy atom. The lowest BCUT2D eigenvalue weighted by Gasteiger charge is -2.17. The van der Waals surface area contributed by atoms with Gasteiger partial charge in [0, 0.05) is 4.47 Å². The third kappa shape index (κ3) is 2.45. The first-order valence-electron chi connectivity index (χ1n) is 3.59. The Morgan fingerprint density at radius 1 is 1.29 bits per heavy atom. The number of nitrogens with two attached hydrogens (primary N) is 1. The maximum absolute atomic E-state index is 12.7. The molecule has 0 amide bonds. The van der Waals surface area contributed by atoms with Crippen LogP contribution in [0.1, 0.15) is 11.6 Å². The summed E-state index contributed by atoms with van der Waals surface area (Å²) in [6.07, 6.45) is -4.57. The van der Waals surface area contributed by atoms with Crippen molar-refractivity contribution in [2.24, 2.45) is 5.73 Å². The quantitative estimate of drug-likeness (QED) is 0.781. The minimum absolute atomic E-state index is 0.142. The summed E-state index contributed by atoms with van der Waals surface area (Å²) in [4.78, 5) is 0. The normalized spacial score (nSPS) is 14.1. The van der Waals surface area contributed by atoms with Crippen LogP contribution in [0.4, 0.5) is 17.6 Å². The summed E-state index contributed by atoms with van der Waals surface area (Å²) >= 11 is 2.88. The Labute approximate surface area is 86.0 Å². The van der Waals surface area contributed by atoms with Gasteiger partial charge in [0.15, 0.2) is 0 Å². The zero-order chi connectivity index (χ0) is 10.9. The van der Waals surface area contributed by atoms with Gasteiger partial charge in [0.1, 0.15) is 11.9 Å². The Hall–Kier alpha value is -0.620. The lowest BCUT2D eigenvalue weighted by molar-refractivity contribution is -0.149. The molecule has 0 fully saturated rings. The van der Waals surface area contributed by atoms with Crippen molar-refractivity contribution in [3.05, 3.63) is 34.1 Å². The molecule has 1 aromatic rings. The average molecular weight is 272 g/mol. The number of hydrogen-bond acceptors (Lipinski definition) is 1. The molecule has 78 valence electrons. The molecule has 1 aromatic carbocycles. The van der Waals surface area contributed by atoms with Crippen LogP contribution in [-0.4, -0.2) is 6.18 Å². The Balaban J connectivity index is 3.12. The second-order valence-electron chi connectivity index (χ2n) is 2.69. The highest BCUT2D eigenvalue weighted by Gasteiger charge is 2.38. The molecule has 0 spiro atoms. The van der Waals surface area contributed by atoms with E-state index in [0.29, 0.717) is 0 Å². The summed E-state index contributed by atoms with van der Waals surface area (Å²) in [5.41, 5.74) is 4.61. The molecule has 0 aliphatic heterocycles. The highest BCUT2D eigenvalue weighted by Crippen LogP contribution is 2.34. The van der Waals surface area contributed by atoms with Gasteiger partial charge < -0.3 is 5.73 Å². The van der Waals surface area contributed by atoms with Gasteiger partial charge in [-0.1, -0.05) is 15.9 Å². The van der Waals surface area contributed by atoms with E-state index in [1.54, 1.807) is 0 Å². The molecule has 0 radical (unpaired) electrons. The maximum Gasteiger partial charge on any atom is 0.407 e. The molecule has 0 bridgehead atoms. The fourth-order valence-corrected chi connectivity index (χ4v) is 1.42. The minimum Gasteiger partial charge on any atom is -0.316 e. The molecule has 0 heterocycles. The lowest BCUT2D eigenvalue weighted by atomic mass is 10.1. The van der Waals surface area contributed by atoms with Crippen molar-refractivity contribution in [2.75, 3.05) is 0 Å². The second-order valence-corrected chi connectivity index (χ2v) is 3.54. The molecule has 2 N–H and O–H groups in total. The molecule has 1 rings (SSSR count). The number of rotatable bonds is 1. The zero-order valence-electron chi connectivity index (χ0n) is 6.78. The monoisotopic (exact) mass is 271 g/mol. The van der Waals surface area contributed by atoms with Gasteiger partial charge in [-0.2, -0.15) is 13.2 Å². The lowest BCUT2D eigenvalue weighted by Crippen LogP contribution is -2.28. The van der Waals surface area contributed by atoms with E-state index in [9.17, 15) is 17.6 Å². The van der Waals surface area contributed by atoms with Gasteiger partial charge in [0.2, 0.25) is 0 Å². The Morgan fingerprint density at radius 3 is 2.36 bits per heavy atom. The number of halogens is 5. The highest BCUT2D eigenvalue weighted by atomic mass is 79.9. The molecule has 0 aliphatic carbocycles. The van der Waals surface area contributed by atoms with Gasteiger partial charge in [-0.25, -0.2) is 4.39 Å². The van der Waals surface area contributed by atoms with Gasteiger partial charge in [-0.05, 0) is 23.8 Å². The summed E-state index contributed by atoms with van der Waals surface area (Å²) in [6, 6.07) is 0.836. The summed E-state index contributed by atoms with van der Waals surface area (Å²) in [6.45, 7) is 0. The fraction of sp³-hybridized carbons (Fsp3) is 0.250. The van der Waals surface area contributed by atoms with Crippen molar-refractivity contribution in [3.8, 4) is 0 Å². The molecule has 0 aromatic heterocycles. The van der Waals surface area contributed by atoms with Crippen LogP contribution < -0.4 is 5.73 Å². The summed E-state index contributed by atoms with van der Waals surface area (Å²) in [5, 5.41) is 0. The SMILES string of the molecule is NC(c1cc(F)ccc1Br)C(F)(F)F. The van der Waals surface area contributed by atoms with Crippen LogP contribution in [0.5, 0.6) is 0 Å². The third-order valence-electron chi connectivity index (χ3n) is 1.65.